The number of methoxy groups -OCH3 is 1. The minimum Gasteiger partial charge on any atom is -0.490 e. The molecule has 8 nitrogen and oxygen atoms in total. The van der Waals surface area contributed by atoms with Gasteiger partial charge < -0.3 is 33.8 Å². The number of hydrogen-bond acceptors (Lipinski definition) is 6. The summed E-state index contributed by atoms with van der Waals surface area (Å²) < 4.78 is 28.5. The highest BCUT2D eigenvalue weighted by atomic mass is 28.4. The Morgan fingerprint density at radius 1 is 1.25 bits per heavy atom. The number of hydrogen-bond donors (Lipinski definition) is 2. The van der Waals surface area contributed by atoms with Crippen molar-refractivity contribution in [2.75, 3.05) is 38.3 Å². The standard InChI is InChI=1S/C30H40FN3O5Si/c1-19-29(38-2)24-14-22(33-12-11-32-16-28(33)37)9-10-25(24)39-30(19)26(40(3,4)31)15-27(36)34-17-21-8-6-5-7-20(21)13-23(34)18-35/h5-10,14,19,23,26,29-30,32,35H,11-13,15-18H2,1-4H3/t19-,23+,26?,29-,30-/m1/s1. The summed E-state index contributed by atoms with van der Waals surface area (Å²) in [6, 6.07) is 13.2. The van der Waals surface area contributed by atoms with E-state index in [9.17, 15) is 14.7 Å². The number of halogens is 1. The molecular formula is C30H40FN3O5Si. The van der Waals surface area contributed by atoms with Crippen LogP contribution in [0.2, 0.25) is 18.6 Å². The van der Waals surface area contributed by atoms with Crippen molar-refractivity contribution >= 4 is 25.9 Å². The lowest BCUT2D eigenvalue weighted by atomic mass is 9.86. The average Bonchev–Trinajstić information content (AvgIpc) is 2.94. The van der Waals surface area contributed by atoms with Crippen LogP contribution in [0.5, 0.6) is 5.75 Å². The summed E-state index contributed by atoms with van der Waals surface area (Å²) in [4.78, 5) is 29.7. The third-order valence-corrected chi connectivity index (χ3v) is 11.1. The molecule has 0 aliphatic carbocycles. The molecule has 3 aliphatic heterocycles. The van der Waals surface area contributed by atoms with Crippen molar-refractivity contribution in [3.05, 3.63) is 59.2 Å². The fourth-order valence-corrected chi connectivity index (χ4v) is 8.32. The largest absolute Gasteiger partial charge is 0.490 e. The normalized spacial score (nSPS) is 25.6. The van der Waals surface area contributed by atoms with Gasteiger partial charge >= 0.3 is 0 Å². The second-order valence-electron chi connectivity index (χ2n) is 11.7. The smallest absolute Gasteiger partial charge is 0.248 e. The fourth-order valence-electron chi connectivity index (χ4n) is 6.51. The van der Waals surface area contributed by atoms with E-state index in [2.05, 4.69) is 5.32 Å². The van der Waals surface area contributed by atoms with Crippen molar-refractivity contribution in [2.24, 2.45) is 5.92 Å². The molecule has 3 heterocycles. The van der Waals surface area contributed by atoms with Gasteiger partial charge in [0, 0.05) is 55.9 Å². The topological polar surface area (TPSA) is 91.3 Å². The molecule has 10 heteroatoms. The van der Waals surface area contributed by atoms with E-state index in [0.29, 0.717) is 31.8 Å². The number of piperazine rings is 1. The van der Waals surface area contributed by atoms with Crippen LogP contribution < -0.4 is 15.0 Å². The van der Waals surface area contributed by atoms with Crippen molar-refractivity contribution in [3.8, 4) is 5.75 Å². The van der Waals surface area contributed by atoms with E-state index in [1.54, 1.807) is 30.0 Å². The maximum Gasteiger partial charge on any atom is 0.248 e. The zero-order valence-electron chi connectivity index (χ0n) is 23.7. The van der Waals surface area contributed by atoms with Gasteiger partial charge in [0.05, 0.1) is 25.3 Å². The van der Waals surface area contributed by atoms with Crippen LogP contribution in [0.1, 0.15) is 36.1 Å². The Morgan fingerprint density at radius 3 is 2.67 bits per heavy atom. The Kier molecular flexibility index (Phi) is 8.33. The summed E-state index contributed by atoms with van der Waals surface area (Å²) in [5, 5.41) is 13.2. The van der Waals surface area contributed by atoms with Gasteiger partial charge in [-0.1, -0.05) is 31.2 Å². The van der Waals surface area contributed by atoms with Gasteiger partial charge in [-0.2, -0.15) is 0 Å². The summed E-state index contributed by atoms with van der Waals surface area (Å²) in [7, 11) is -1.78. The van der Waals surface area contributed by atoms with E-state index >= 15 is 4.11 Å². The third kappa shape index (κ3) is 5.54. The second kappa shape index (κ2) is 11.6. The molecule has 0 radical (unpaired) electrons. The van der Waals surface area contributed by atoms with Crippen LogP contribution in [0.25, 0.3) is 0 Å². The van der Waals surface area contributed by atoms with E-state index < -0.39 is 20.1 Å². The number of carbonyl (C=O) groups excluding carboxylic acids is 2. The number of nitrogens with one attached hydrogen (secondary N) is 1. The minimum absolute atomic E-state index is 0.00251. The number of ether oxygens (including phenoxy) is 2. The summed E-state index contributed by atoms with van der Waals surface area (Å²) in [6.45, 7) is 7.10. The zero-order valence-corrected chi connectivity index (χ0v) is 24.7. The summed E-state index contributed by atoms with van der Waals surface area (Å²) in [5.41, 5.74) is 3.18. The molecule has 5 atom stereocenters. The second-order valence-corrected chi connectivity index (χ2v) is 15.6. The molecule has 1 fully saturated rings. The van der Waals surface area contributed by atoms with Gasteiger partial charge in [0.15, 0.2) is 0 Å². The summed E-state index contributed by atoms with van der Waals surface area (Å²) in [6.07, 6.45) is -0.368. The Bertz CT molecular complexity index is 1250. The number of aliphatic hydroxyl groups excluding tert-OH is 1. The molecule has 2 aromatic carbocycles. The number of amides is 2. The van der Waals surface area contributed by atoms with Crippen molar-refractivity contribution in [2.45, 2.75) is 63.2 Å². The number of benzene rings is 2. The Labute approximate surface area is 236 Å². The molecule has 5 rings (SSSR count). The number of fused-ring (bicyclic) bond motifs is 2. The van der Waals surface area contributed by atoms with Gasteiger partial charge in [-0.25, -0.2) is 0 Å². The van der Waals surface area contributed by atoms with Gasteiger partial charge in [-0.3, -0.25) is 9.59 Å². The Balaban J connectivity index is 1.41. The first-order valence-electron chi connectivity index (χ1n) is 14.1. The molecule has 0 aromatic heterocycles. The maximum atomic E-state index is 16.1. The third-order valence-electron chi connectivity index (χ3n) is 8.77. The van der Waals surface area contributed by atoms with Crippen molar-refractivity contribution < 1.29 is 28.3 Å². The quantitative estimate of drug-likeness (QED) is 0.391. The molecule has 0 spiro atoms. The van der Waals surface area contributed by atoms with Gasteiger partial charge in [-0.15, -0.1) is 0 Å². The zero-order chi connectivity index (χ0) is 28.6. The molecule has 216 valence electrons. The predicted molar refractivity (Wildman–Crippen MR) is 154 cm³/mol. The molecule has 1 saturated heterocycles. The molecule has 40 heavy (non-hydrogen) atoms. The minimum atomic E-state index is -3.41. The molecule has 2 N–H and O–H groups in total. The van der Waals surface area contributed by atoms with E-state index in [1.165, 1.54) is 0 Å². The summed E-state index contributed by atoms with van der Waals surface area (Å²) >= 11 is 0. The van der Waals surface area contributed by atoms with Crippen LogP contribution >= 0.6 is 0 Å². The lowest BCUT2D eigenvalue weighted by Gasteiger charge is -2.44. The summed E-state index contributed by atoms with van der Waals surface area (Å²) in [5.74, 6) is 0.202. The highest BCUT2D eigenvalue weighted by molar-refractivity contribution is 6.72. The molecule has 2 aromatic rings. The number of nitrogens with zero attached hydrogens (tertiary/aromatic N) is 2. The first kappa shape index (κ1) is 28.7. The Morgan fingerprint density at radius 2 is 2.00 bits per heavy atom. The molecule has 3 aliphatic rings. The van der Waals surface area contributed by atoms with E-state index in [0.717, 1.165) is 28.9 Å². The SMILES string of the molecule is CO[C@H]1c2cc(N3CCNCC3=O)ccc2O[C@@H](C(CC(=O)N2Cc3ccccc3C[C@H]2CO)[Si](C)(C)F)[C@@H]1C. The van der Waals surface area contributed by atoms with Crippen LogP contribution in [0.15, 0.2) is 42.5 Å². The highest BCUT2D eigenvalue weighted by Gasteiger charge is 2.49. The number of carbonyl (C=O) groups is 2. The van der Waals surface area contributed by atoms with Gasteiger partial charge in [0.25, 0.3) is 0 Å². The van der Waals surface area contributed by atoms with Crippen molar-refractivity contribution in [1.29, 1.82) is 0 Å². The van der Waals surface area contributed by atoms with Gasteiger partial charge in [0.1, 0.15) is 11.9 Å². The molecule has 1 unspecified atom stereocenters. The molecule has 0 bridgehead atoms. The lowest BCUT2D eigenvalue weighted by Crippen LogP contribution is -2.51. The number of anilines is 1. The van der Waals surface area contributed by atoms with Crippen LogP contribution in [0.3, 0.4) is 0 Å². The van der Waals surface area contributed by atoms with Crippen LogP contribution in [-0.2, 0) is 27.3 Å². The lowest BCUT2D eigenvalue weighted by molar-refractivity contribution is -0.136. The van der Waals surface area contributed by atoms with E-state index in [4.69, 9.17) is 9.47 Å². The van der Waals surface area contributed by atoms with Crippen molar-refractivity contribution in [3.63, 3.8) is 0 Å². The van der Waals surface area contributed by atoms with E-state index in [-0.39, 0.29) is 42.9 Å². The van der Waals surface area contributed by atoms with Crippen LogP contribution in [0, 0.1) is 5.92 Å². The van der Waals surface area contributed by atoms with Crippen LogP contribution in [0.4, 0.5) is 9.80 Å². The molecular weight excluding hydrogens is 529 g/mol. The van der Waals surface area contributed by atoms with Gasteiger partial charge in [0.2, 0.25) is 20.2 Å². The molecule has 2 amide bonds. The van der Waals surface area contributed by atoms with Crippen LogP contribution in [-0.4, -0.2) is 75.7 Å². The Hall–Kier alpha value is -2.79. The van der Waals surface area contributed by atoms with Crippen molar-refractivity contribution in [1.82, 2.24) is 10.2 Å². The number of aliphatic hydroxyl groups is 1. The predicted octanol–water partition coefficient (Wildman–Crippen LogP) is 3.59. The first-order valence-corrected chi connectivity index (χ1v) is 17.1. The van der Waals surface area contributed by atoms with Gasteiger partial charge in [-0.05, 0) is 48.8 Å². The highest BCUT2D eigenvalue weighted by Crippen LogP contribution is 2.48. The van der Waals surface area contributed by atoms with E-state index in [1.807, 2.05) is 49.4 Å². The number of rotatable bonds is 7. The monoisotopic (exact) mass is 569 g/mol. The average molecular weight is 570 g/mol. The molecule has 0 saturated carbocycles. The first-order chi connectivity index (χ1) is 19.1. The maximum absolute atomic E-state index is 16.1. The fraction of sp³-hybridized carbons (Fsp3) is 0.533.